The zero-order valence-electron chi connectivity index (χ0n) is 13.3. The average molecular weight is 376 g/mol. The van der Waals surface area contributed by atoms with Crippen LogP contribution in [0.5, 0.6) is 0 Å². The number of esters is 1. The molecule has 2 aromatic rings. The molecule has 0 fully saturated rings. The van der Waals surface area contributed by atoms with Gasteiger partial charge in [0.2, 0.25) is 0 Å². The second-order valence-electron chi connectivity index (χ2n) is 5.38. The third-order valence-electron chi connectivity index (χ3n) is 3.36. The number of aryl methyl sites for hydroxylation is 3. The maximum absolute atomic E-state index is 12.2. The average Bonchev–Trinajstić information content (AvgIpc) is 2.46. The fraction of sp³-hybridized carbons (Fsp3) is 0.222. The first-order valence-electron chi connectivity index (χ1n) is 7.18. The number of amides is 1. The quantitative estimate of drug-likeness (QED) is 0.815. The molecule has 23 heavy (non-hydrogen) atoms. The molecule has 0 aromatic heterocycles. The lowest BCUT2D eigenvalue weighted by Crippen LogP contribution is -2.21. The molecule has 0 spiro atoms. The molecule has 0 bridgehead atoms. The molecule has 0 saturated carbocycles. The van der Waals surface area contributed by atoms with Crippen LogP contribution in [0.3, 0.4) is 0 Å². The maximum atomic E-state index is 12.2. The van der Waals surface area contributed by atoms with E-state index in [0.717, 1.165) is 21.2 Å². The Morgan fingerprint density at radius 3 is 2.30 bits per heavy atom. The van der Waals surface area contributed by atoms with E-state index >= 15 is 0 Å². The fourth-order valence-corrected chi connectivity index (χ4v) is 2.84. The minimum atomic E-state index is -0.484. The highest BCUT2D eigenvalue weighted by atomic mass is 79.9. The topological polar surface area (TPSA) is 55.4 Å². The van der Waals surface area contributed by atoms with E-state index < -0.39 is 5.97 Å². The molecule has 0 unspecified atom stereocenters. The maximum Gasteiger partial charge on any atom is 0.339 e. The number of carbonyl (C=O) groups excluding carboxylic acids is 2. The van der Waals surface area contributed by atoms with E-state index in [1.807, 2.05) is 51.1 Å². The van der Waals surface area contributed by atoms with E-state index in [9.17, 15) is 9.59 Å². The molecule has 120 valence electrons. The monoisotopic (exact) mass is 375 g/mol. The Hall–Kier alpha value is -2.14. The van der Waals surface area contributed by atoms with Crippen LogP contribution >= 0.6 is 15.9 Å². The van der Waals surface area contributed by atoms with Crippen LogP contribution in [0.4, 0.5) is 5.69 Å². The van der Waals surface area contributed by atoms with Gasteiger partial charge in [0.25, 0.3) is 5.91 Å². The second kappa shape index (κ2) is 7.42. The Kier molecular flexibility index (Phi) is 5.55. The molecule has 0 heterocycles. The van der Waals surface area contributed by atoms with Crippen LogP contribution in [0, 0.1) is 20.8 Å². The van der Waals surface area contributed by atoms with Gasteiger partial charge in [-0.1, -0.05) is 29.8 Å². The number of halogens is 1. The van der Waals surface area contributed by atoms with Gasteiger partial charge in [0.1, 0.15) is 0 Å². The highest BCUT2D eigenvalue weighted by Crippen LogP contribution is 2.21. The third kappa shape index (κ3) is 4.42. The molecule has 1 N–H and O–H groups in total. The number of nitrogens with one attached hydrogen (secondary N) is 1. The molecule has 0 atom stereocenters. The highest BCUT2D eigenvalue weighted by Gasteiger charge is 2.16. The van der Waals surface area contributed by atoms with Gasteiger partial charge in [-0.05, 0) is 60.0 Å². The molecule has 5 heteroatoms. The summed E-state index contributed by atoms with van der Waals surface area (Å²) in [5.74, 6) is -0.866. The molecule has 0 saturated heterocycles. The van der Waals surface area contributed by atoms with Crippen LogP contribution in [0.15, 0.2) is 40.9 Å². The van der Waals surface area contributed by atoms with Crippen LogP contribution in [0.25, 0.3) is 0 Å². The Morgan fingerprint density at radius 1 is 1.09 bits per heavy atom. The Labute approximate surface area is 144 Å². The molecule has 2 aromatic carbocycles. The summed E-state index contributed by atoms with van der Waals surface area (Å²) in [6.07, 6.45) is 0. The number of anilines is 1. The van der Waals surface area contributed by atoms with Crippen molar-refractivity contribution in [3.8, 4) is 0 Å². The van der Waals surface area contributed by atoms with E-state index in [-0.39, 0.29) is 12.5 Å². The molecular weight excluding hydrogens is 358 g/mol. The van der Waals surface area contributed by atoms with E-state index in [1.54, 1.807) is 6.07 Å². The summed E-state index contributed by atoms with van der Waals surface area (Å²) in [5.41, 5.74) is 3.93. The zero-order valence-corrected chi connectivity index (χ0v) is 14.9. The number of rotatable bonds is 4. The van der Waals surface area contributed by atoms with Gasteiger partial charge in [-0.15, -0.1) is 0 Å². The summed E-state index contributed by atoms with van der Waals surface area (Å²) in [5, 5.41) is 2.69. The Balaban J connectivity index is 2.00. The molecule has 0 aliphatic carbocycles. The van der Waals surface area contributed by atoms with E-state index in [4.69, 9.17) is 4.74 Å². The SMILES string of the molecule is Cc1cc(C)c(C(=O)OCC(=O)Nc2ccccc2Br)c(C)c1. The van der Waals surface area contributed by atoms with Gasteiger partial charge in [-0.3, -0.25) is 4.79 Å². The number of hydrogen-bond donors (Lipinski definition) is 1. The lowest BCUT2D eigenvalue weighted by molar-refractivity contribution is -0.119. The highest BCUT2D eigenvalue weighted by molar-refractivity contribution is 9.10. The van der Waals surface area contributed by atoms with Gasteiger partial charge in [0.05, 0.1) is 11.3 Å². The first-order chi connectivity index (χ1) is 10.9. The van der Waals surface area contributed by atoms with Crippen molar-refractivity contribution in [2.24, 2.45) is 0 Å². The summed E-state index contributed by atoms with van der Waals surface area (Å²) >= 11 is 3.34. The molecule has 0 radical (unpaired) electrons. The van der Waals surface area contributed by atoms with Crippen molar-refractivity contribution in [1.82, 2.24) is 0 Å². The van der Waals surface area contributed by atoms with Crippen molar-refractivity contribution < 1.29 is 14.3 Å². The zero-order chi connectivity index (χ0) is 17.0. The van der Waals surface area contributed by atoms with Crippen LogP contribution in [-0.4, -0.2) is 18.5 Å². The van der Waals surface area contributed by atoms with Crippen molar-refractivity contribution in [2.45, 2.75) is 20.8 Å². The predicted octanol–water partition coefficient (Wildman–Crippen LogP) is 4.17. The van der Waals surface area contributed by atoms with E-state index in [2.05, 4.69) is 21.2 Å². The van der Waals surface area contributed by atoms with Crippen molar-refractivity contribution in [3.05, 3.63) is 63.1 Å². The van der Waals surface area contributed by atoms with Crippen molar-refractivity contribution in [2.75, 3.05) is 11.9 Å². The standard InChI is InChI=1S/C18H18BrNO3/c1-11-8-12(2)17(13(3)9-11)18(22)23-10-16(21)20-15-7-5-4-6-14(15)19/h4-9H,10H2,1-3H3,(H,20,21). The number of ether oxygens (including phenoxy) is 1. The summed E-state index contributed by atoms with van der Waals surface area (Å²) in [7, 11) is 0. The summed E-state index contributed by atoms with van der Waals surface area (Å²) in [6.45, 7) is 5.36. The van der Waals surface area contributed by atoms with Crippen LogP contribution in [0.2, 0.25) is 0 Å². The molecule has 2 rings (SSSR count). The predicted molar refractivity (Wildman–Crippen MR) is 93.7 cm³/mol. The lowest BCUT2D eigenvalue weighted by atomic mass is 10.00. The first-order valence-corrected chi connectivity index (χ1v) is 7.97. The normalized spacial score (nSPS) is 10.3. The fourth-order valence-electron chi connectivity index (χ4n) is 2.45. The molecule has 0 aliphatic rings. The third-order valence-corrected chi connectivity index (χ3v) is 4.05. The first kappa shape index (κ1) is 17.2. The van der Waals surface area contributed by atoms with Gasteiger partial charge in [-0.2, -0.15) is 0 Å². The van der Waals surface area contributed by atoms with Crippen LogP contribution in [-0.2, 0) is 9.53 Å². The van der Waals surface area contributed by atoms with E-state index in [1.165, 1.54) is 0 Å². The smallest absolute Gasteiger partial charge is 0.339 e. The molecular formula is C18H18BrNO3. The van der Waals surface area contributed by atoms with E-state index in [0.29, 0.717) is 11.3 Å². The summed E-state index contributed by atoms with van der Waals surface area (Å²) in [6, 6.07) is 11.1. The van der Waals surface area contributed by atoms with Crippen molar-refractivity contribution in [3.63, 3.8) is 0 Å². The molecule has 4 nitrogen and oxygen atoms in total. The molecule has 0 aliphatic heterocycles. The summed E-state index contributed by atoms with van der Waals surface area (Å²) < 4.78 is 5.91. The van der Waals surface area contributed by atoms with Gasteiger partial charge in [0.15, 0.2) is 6.61 Å². The van der Waals surface area contributed by atoms with Crippen LogP contribution in [0.1, 0.15) is 27.0 Å². The minimum absolute atomic E-state index is 0.326. The largest absolute Gasteiger partial charge is 0.452 e. The number of para-hydroxylation sites is 1. The summed E-state index contributed by atoms with van der Waals surface area (Å²) in [4.78, 5) is 24.1. The lowest BCUT2D eigenvalue weighted by Gasteiger charge is -2.11. The number of hydrogen-bond acceptors (Lipinski definition) is 3. The van der Waals surface area contributed by atoms with Gasteiger partial charge in [-0.25, -0.2) is 4.79 Å². The van der Waals surface area contributed by atoms with Gasteiger partial charge >= 0.3 is 5.97 Å². The van der Waals surface area contributed by atoms with Crippen molar-refractivity contribution >= 4 is 33.5 Å². The Bertz CT molecular complexity index is 733. The minimum Gasteiger partial charge on any atom is -0.452 e. The molecule has 1 amide bonds. The number of benzene rings is 2. The van der Waals surface area contributed by atoms with Crippen molar-refractivity contribution in [1.29, 1.82) is 0 Å². The second-order valence-corrected chi connectivity index (χ2v) is 6.23. The number of carbonyl (C=O) groups is 2. The van der Waals surface area contributed by atoms with Gasteiger partial charge in [0, 0.05) is 4.47 Å². The van der Waals surface area contributed by atoms with Gasteiger partial charge < -0.3 is 10.1 Å². The van der Waals surface area contributed by atoms with Crippen LogP contribution < -0.4 is 5.32 Å². The Morgan fingerprint density at radius 2 is 1.70 bits per heavy atom.